The second-order valence-electron chi connectivity index (χ2n) is 6.78. The van der Waals surface area contributed by atoms with Gasteiger partial charge in [-0.1, -0.05) is 30.3 Å². The number of ketones is 1. The molecule has 1 heterocycles. The number of nitrogen functional groups attached to an aromatic ring is 1. The van der Waals surface area contributed by atoms with Gasteiger partial charge in [-0.15, -0.1) is 0 Å². The summed E-state index contributed by atoms with van der Waals surface area (Å²) in [7, 11) is -3.26. The van der Waals surface area contributed by atoms with E-state index in [2.05, 4.69) is 4.98 Å². The van der Waals surface area contributed by atoms with Crippen molar-refractivity contribution in [3.63, 3.8) is 0 Å². The second kappa shape index (κ2) is 8.55. The molecule has 0 unspecified atom stereocenters. The van der Waals surface area contributed by atoms with Gasteiger partial charge in [0.15, 0.2) is 15.6 Å². The van der Waals surface area contributed by atoms with E-state index in [1.54, 1.807) is 48.7 Å². The van der Waals surface area contributed by atoms with Crippen LogP contribution in [0.4, 0.5) is 5.82 Å². The molecule has 0 aliphatic heterocycles. The molecular formula is C22H22N2O4S. The monoisotopic (exact) mass is 410 g/mol. The second-order valence-corrected chi connectivity index (χ2v) is 8.80. The lowest BCUT2D eigenvalue weighted by Gasteiger charge is -2.10. The Labute approximate surface area is 170 Å². The number of sulfone groups is 1. The van der Waals surface area contributed by atoms with Crippen LogP contribution in [0.15, 0.2) is 65.7 Å². The van der Waals surface area contributed by atoms with E-state index in [9.17, 15) is 13.2 Å². The predicted molar refractivity (Wildman–Crippen MR) is 113 cm³/mol. The quantitative estimate of drug-likeness (QED) is 0.578. The van der Waals surface area contributed by atoms with Crippen molar-refractivity contribution in [1.82, 2.24) is 4.98 Å². The van der Waals surface area contributed by atoms with Gasteiger partial charge in [0.2, 0.25) is 0 Å². The van der Waals surface area contributed by atoms with E-state index in [0.29, 0.717) is 23.4 Å². The van der Waals surface area contributed by atoms with Gasteiger partial charge >= 0.3 is 0 Å². The molecule has 0 saturated heterocycles. The number of nitrogens with two attached hydrogens (primary N) is 1. The minimum absolute atomic E-state index is 0.0253. The number of anilines is 1. The van der Waals surface area contributed by atoms with Crippen LogP contribution in [-0.2, 0) is 9.84 Å². The Morgan fingerprint density at radius 2 is 1.76 bits per heavy atom. The van der Waals surface area contributed by atoms with Crippen molar-refractivity contribution < 1.29 is 18.3 Å². The minimum atomic E-state index is -3.26. The highest BCUT2D eigenvalue weighted by Crippen LogP contribution is 2.30. The molecular weight excluding hydrogens is 388 g/mol. The molecule has 3 aromatic rings. The zero-order chi connectivity index (χ0) is 21.0. The van der Waals surface area contributed by atoms with Gasteiger partial charge in [0, 0.05) is 42.2 Å². The topological polar surface area (TPSA) is 110 Å². The molecule has 3 rings (SSSR count). The van der Waals surface area contributed by atoms with Crippen LogP contribution in [-0.4, -0.2) is 37.2 Å². The Balaban J connectivity index is 1.97. The first kappa shape index (κ1) is 20.7. The molecule has 1 aromatic heterocycles. The van der Waals surface area contributed by atoms with Gasteiger partial charge < -0.3 is 10.8 Å². The van der Waals surface area contributed by atoms with Crippen LogP contribution in [0.2, 0.25) is 0 Å². The molecule has 6 nitrogen and oxygen atoms in total. The zero-order valence-electron chi connectivity index (χ0n) is 16.0. The number of carbonyl (C=O) groups is 1. The van der Waals surface area contributed by atoms with E-state index >= 15 is 0 Å². The maximum atomic E-state index is 12.3. The van der Waals surface area contributed by atoms with Gasteiger partial charge in [0.05, 0.1) is 4.90 Å². The van der Waals surface area contributed by atoms with E-state index in [1.165, 1.54) is 6.26 Å². The molecule has 0 bridgehead atoms. The molecule has 0 fully saturated rings. The maximum absolute atomic E-state index is 12.3. The Kier molecular flexibility index (Phi) is 6.10. The minimum Gasteiger partial charge on any atom is -0.396 e. The molecule has 7 heteroatoms. The van der Waals surface area contributed by atoms with Crippen LogP contribution >= 0.6 is 0 Å². The standard InChI is InChI=1S/C22H22N2O4S/c1-29(27,28)19-9-7-15(8-10-19)18-13-20(22(23)24-14-18)16-4-2-5-17(12-16)21(26)6-3-11-25/h2,4-5,7-10,12-14,25H,3,6,11H2,1H3,(H2,23,24). The SMILES string of the molecule is CS(=O)(=O)c1ccc(-c2cnc(N)c(-c3cccc(C(=O)CCCO)c3)c2)cc1. The van der Waals surface area contributed by atoms with E-state index in [-0.39, 0.29) is 23.7 Å². The smallest absolute Gasteiger partial charge is 0.175 e. The molecule has 0 radical (unpaired) electrons. The summed E-state index contributed by atoms with van der Waals surface area (Å²) in [6, 6.07) is 15.6. The predicted octanol–water partition coefficient (Wildman–Crippen LogP) is 3.36. The van der Waals surface area contributed by atoms with Crippen molar-refractivity contribution in [3.05, 3.63) is 66.4 Å². The maximum Gasteiger partial charge on any atom is 0.175 e. The van der Waals surface area contributed by atoms with Crippen LogP contribution in [0.5, 0.6) is 0 Å². The number of hydrogen-bond acceptors (Lipinski definition) is 6. The van der Waals surface area contributed by atoms with E-state index in [4.69, 9.17) is 10.8 Å². The summed E-state index contributed by atoms with van der Waals surface area (Å²) in [5.41, 5.74) is 9.67. The largest absolute Gasteiger partial charge is 0.396 e. The number of aliphatic hydroxyl groups excluding tert-OH is 1. The Morgan fingerprint density at radius 3 is 2.41 bits per heavy atom. The first-order chi connectivity index (χ1) is 13.8. The Bertz CT molecular complexity index is 1140. The molecule has 29 heavy (non-hydrogen) atoms. The van der Waals surface area contributed by atoms with Crippen LogP contribution in [0.1, 0.15) is 23.2 Å². The number of Topliss-reactive ketones (excluding diaryl/α,β-unsaturated/α-hetero) is 1. The third kappa shape index (κ3) is 4.88. The van der Waals surface area contributed by atoms with Crippen LogP contribution in [0.3, 0.4) is 0 Å². The molecule has 0 amide bonds. The average molecular weight is 410 g/mol. The number of aliphatic hydroxyl groups is 1. The molecule has 150 valence electrons. The molecule has 0 spiro atoms. The van der Waals surface area contributed by atoms with Gasteiger partial charge in [-0.25, -0.2) is 13.4 Å². The van der Waals surface area contributed by atoms with Crippen molar-refractivity contribution in [3.8, 4) is 22.3 Å². The molecule has 0 atom stereocenters. The zero-order valence-corrected chi connectivity index (χ0v) is 16.8. The number of benzene rings is 2. The van der Waals surface area contributed by atoms with Crippen molar-refractivity contribution in [2.75, 3.05) is 18.6 Å². The Hall–Kier alpha value is -3.03. The van der Waals surface area contributed by atoms with E-state index < -0.39 is 9.84 Å². The fraction of sp³-hybridized carbons (Fsp3) is 0.182. The number of rotatable bonds is 7. The number of aromatic nitrogens is 1. The van der Waals surface area contributed by atoms with Gasteiger partial charge in [0.1, 0.15) is 5.82 Å². The molecule has 2 aromatic carbocycles. The fourth-order valence-corrected chi connectivity index (χ4v) is 3.63. The van der Waals surface area contributed by atoms with Crippen LogP contribution < -0.4 is 5.73 Å². The van der Waals surface area contributed by atoms with Gasteiger partial charge in [-0.05, 0) is 41.8 Å². The summed E-state index contributed by atoms with van der Waals surface area (Å²) < 4.78 is 23.3. The molecule has 0 saturated carbocycles. The van der Waals surface area contributed by atoms with Crippen LogP contribution in [0.25, 0.3) is 22.3 Å². The first-order valence-corrected chi connectivity index (χ1v) is 11.0. The van der Waals surface area contributed by atoms with Crippen molar-refractivity contribution in [2.45, 2.75) is 17.7 Å². The summed E-state index contributed by atoms with van der Waals surface area (Å²) in [5, 5.41) is 8.92. The van der Waals surface area contributed by atoms with Crippen molar-refractivity contribution in [1.29, 1.82) is 0 Å². The highest BCUT2D eigenvalue weighted by Gasteiger charge is 2.12. The van der Waals surface area contributed by atoms with Crippen molar-refractivity contribution in [2.24, 2.45) is 0 Å². The number of hydrogen-bond donors (Lipinski definition) is 2. The lowest BCUT2D eigenvalue weighted by atomic mass is 9.98. The summed E-state index contributed by atoms with van der Waals surface area (Å²) in [5.74, 6) is 0.293. The molecule has 3 N–H and O–H groups in total. The van der Waals surface area contributed by atoms with E-state index in [0.717, 1.165) is 16.7 Å². The number of pyridine rings is 1. The molecule has 0 aliphatic carbocycles. The summed E-state index contributed by atoms with van der Waals surface area (Å²) in [6.45, 7) is -0.0253. The highest BCUT2D eigenvalue weighted by molar-refractivity contribution is 7.90. The Morgan fingerprint density at radius 1 is 1.03 bits per heavy atom. The van der Waals surface area contributed by atoms with Gasteiger partial charge in [-0.3, -0.25) is 4.79 Å². The van der Waals surface area contributed by atoms with E-state index in [1.807, 2.05) is 12.1 Å². The third-order valence-electron chi connectivity index (χ3n) is 4.59. The summed E-state index contributed by atoms with van der Waals surface area (Å²) in [4.78, 5) is 16.8. The number of carbonyl (C=O) groups excluding carboxylic acids is 1. The first-order valence-electron chi connectivity index (χ1n) is 9.10. The van der Waals surface area contributed by atoms with Crippen molar-refractivity contribution >= 4 is 21.4 Å². The normalized spacial score (nSPS) is 11.4. The van der Waals surface area contributed by atoms with Gasteiger partial charge in [-0.2, -0.15) is 0 Å². The average Bonchev–Trinajstić information content (AvgIpc) is 2.72. The molecule has 0 aliphatic rings. The van der Waals surface area contributed by atoms with Gasteiger partial charge in [0.25, 0.3) is 0 Å². The fourth-order valence-electron chi connectivity index (χ4n) is 3.00. The lowest BCUT2D eigenvalue weighted by molar-refractivity contribution is 0.0971. The third-order valence-corrected chi connectivity index (χ3v) is 5.72. The van der Waals surface area contributed by atoms with Crippen LogP contribution in [0, 0.1) is 0 Å². The lowest BCUT2D eigenvalue weighted by Crippen LogP contribution is -2.01. The number of nitrogens with zero attached hydrogens (tertiary/aromatic N) is 1. The summed E-state index contributed by atoms with van der Waals surface area (Å²) >= 11 is 0. The summed E-state index contributed by atoms with van der Waals surface area (Å²) in [6.07, 6.45) is 3.50. The highest BCUT2D eigenvalue weighted by atomic mass is 32.2.